The molecule has 0 aromatic rings. The van der Waals surface area contributed by atoms with E-state index in [1.807, 2.05) is 0 Å². The van der Waals surface area contributed by atoms with E-state index in [1.54, 1.807) is 13.8 Å². The Labute approximate surface area is 86.1 Å². The van der Waals surface area contributed by atoms with Crippen LogP contribution in [0.1, 0.15) is 13.8 Å². The first-order chi connectivity index (χ1) is 3.46. The van der Waals surface area contributed by atoms with Gasteiger partial charge < -0.3 is 5.11 Å². The molecule has 0 fully saturated rings. The normalized spacial score (nSPS) is 7.88. The predicted molar refractivity (Wildman–Crippen MR) is 59.4 cm³/mol. The Balaban J connectivity index is 0. The molecule has 0 rings (SSSR count). The van der Waals surface area contributed by atoms with Gasteiger partial charge in [0.2, 0.25) is 0 Å². The van der Waals surface area contributed by atoms with Gasteiger partial charge in [-0.05, 0) is 13.8 Å². The average molecular weight is 532 g/mol. The van der Waals surface area contributed by atoms with Gasteiger partial charge in [-0.15, -0.1) is 0 Å². The van der Waals surface area contributed by atoms with Crippen LogP contribution in [0, 0.1) is 0 Å². The Morgan fingerprint density at radius 3 is 1.25 bits per heavy atom. The quantitative estimate of drug-likeness (QED) is 0.477. The van der Waals surface area contributed by atoms with Crippen LogP contribution in [0.3, 0.4) is 0 Å². The second-order valence-electron chi connectivity index (χ2n) is 1.31. The molecule has 0 radical (unpaired) electrons. The standard InChI is InChI=1S/C3H8O.3HI.Zr/c1-3(2)4;;;;/h3-4H,1-2H3;3*1H;/q;;;;+3/p-3. The SMILES string of the molecule is CC(C)O.[I][Zr]([I])[I]. The van der Waals surface area contributed by atoms with E-state index in [1.165, 1.54) is 0 Å². The van der Waals surface area contributed by atoms with Gasteiger partial charge >= 0.3 is 63.3 Å². The number of halogens is 3. The van der Waals surface area contributed by atoms with E-state index in [0.717, 1.165) is 0 Å². The molecule has 5 heteroatoms. The van der Waals surface area contributed by atoms with Crippen molar-refractivity contribution in [2.24, 2.45) is 0 Å². The van der Waals surface area contributed by atoms with Crippen LogP contribution >= 0.6 is 54.1 Å². The van der Waals surface area contributed by atoms with Crippen molar-refractivity contribution < 1.29 is 14.3 Å². The van der Waals surface area contributed by atoms with Crippen LogP contribution in [-0.4, -0.2) is 11.2 Å². The molecule has 0 bridgehead atoms. The van der Waals surface area contributed by atoms with Crippen LogP contribution < -0.4 is 0 Å². The van der Waals surface area contributed by atoms with E-state index in [2.05, 4.69) is 54.1 Å². The predicted octanol–water partition coefficient (Wildman–Crippen LogP) is 3.04. The maximum atomic E-state index is 8.06. The minimum absolute atomic E-state index is 0.167. The molecule has 0 atom stereocenters. The van der Waals surface area contributed by atoms with Gasteiger partial charge in [0.25, 0.3) is 0 Å². The summed E-state index contributed by atoms with van der Waals surface area (Å²) in [5.41, 5.74) is 0. The zero-order chi connectivity index (χ0) is 7.15. The van der Waals surface area contributed by atoms with Gasteiger partial charge in [-0.2, -0.15) is 0 Å². The van der Waals surface area contributed by atoms with E-state index in [-0.39, 0.29) is 6.10 Å². The van der Waals surface area contributed by atoms with Crippen LogP contribution in [0.15, 0.2) is 0 Å². The summed E-state index contributed by atoms with van der Waals surface area (Å²) in [5, 5.41) is 8.06. The number of hydrogen-bond donors (Lipinski definition) is 1. The van der Waals surface area contributed by atoms with Crippen molar-refractivity contribution in [1.29, 1.82) is 0 Å². The summed E-state index contributed by atoms with van der Waals surface area (Å²) in [6.07, 6.45) is -0.167. The number of rotatable bonds is 0. The molecular weight excluding hydrogens is 524 g/mol. The monoisotopic (exact) mass is 531 g/mol. The van der Waals surface area contributed by atoms with Crippen LogP contribution in [0.2, 0.25) is 0 Å². The molecule has 0 spiro atoms. The zero-order valence-corrected chi connectivity index (χ0v) is 13.6. The molecule has 0 amide bonds. The molecule has 51 valence electrons. The first kappa shape index (κ1) is 13.6. The third kappa shape index (κ3) is 63.4. The second-order valence-corrected chi connectivity index (χ2v) is 58.1. The van der Waals surface area contributed by atoms with Gasteiger partial charge in [-0.3, -0.25) is 0 Å². The van der Waals surface area contributed by atoms with Crippen molar-refractivity contribution in [3.8, 4) is 0 Å². The van der Waals surface area contributed by atoms with Crippen LogP contribution in [-0.2, 0) is 9.18 Å². The first-order valence-electron chi connectivity index (χ1n) is 1.98. The molecule has 0 aromatic carbocycles. The molecule has 0 heterocycles. The Morgan fingerprint density at radius 1 is 1.25 bits per heavy atom. The fourth-order valence-corrected chi connectivity index (χ4v) is 0. The number of aliphatic hydroxyl groups is 1. The van der Waals surface area contributed by atoms with E-state index >= 15 is 0 Å². The van der Waals surface area contributed by atoms with Crippen molar-refractivity contribution in [2.45, 2.75) is 20.0 Å². The maximum absolute atomic E-state index is 8.06. The molecule has 8 heavy (non-hydrogen) atoms. The van der Waals surface area contributed by atoms with Gasteiger partial charge in [0.1, 0.15) is 0 Å². The van der Waals surface area contributed by atoms with E-state index < -0.39 is 9.18 Å². The number of hydrogen-bond acceptors (Lipinski definition) is 1. The first-order valence-corrected chi connectivity index (χ1v) is 23.9. The van der Waals surface area contributed by atoms with Crippen molar-refractivity contribution in [1.82, 2.24) is 0 Å². The Hall–Kier alpha value is 3.03. The van der Waals surface area contributed by atoms with E-state index in [0.29, 0.717) is 0 Å². The topological polar surface area (TPSA) is 20.2 Å². The Bertz CT molecular complexity index is 30.0. The van der Waals surface area contributed by atoms with Crippen molar-refractivity contribution in [3.05, 3.63) is 0 Å². The fourth-order valence-electron chi connectivity index (χ4n) is 0. The molecule has 0 aliphatic carbocycles. The average Bonchev–Trinajstić information content (AvgIpc) is 1.25. The molecule has 1 nitrogen and oxygen atoms in total. The van der Waals surface area contributed by atoms with Crippen LogP contribution in [0.5, 0.6) is 0 Å². The van der Waals surface area contributed by atoms with E-state index in [9.17, 15) is 0 Å². The molecule has 0 saturated heterocycles. The Morgan fingerprint density at radius 2 is 1.25 bits per heavy atom. The summed E-state index contributed by atoms with van der Waals surface area (Å²) < 4.78 is 0. The number of aliphatic hydroxyl groups excluding tert-OH is 1. The van der Waals surface area contributed by atoms with Gasteiger partial charge in [-0.1, -0.05) is 0 Å². The molecule has 0 saturated carbocycles. The molecule has 0 aliphatic heterocycles. The second kappa shape index (κ2) is 10.0. The molecule has 1 N–H and O–H groups in total. The molecule has 0 unspecified atom stereocenters. The molecular formula is C3H8I3OZr. The fraction of sp³-hybridized carbons (Fsp3) is 1.00. The van der Waals surface area contributed by atoms with Gasteiger partial charge in [0, 0.05) is 6.10 Å². The third-order valence-corrected chi connectivity index (χ3v) is 0. The van der Waals surface area contributed by atoms with Gasteiger partial charge in [0.05, 0.1) is 0 Å². The van der Waals surface area contributed by atoms with Crippen LogP contribution in [0.4, 0.5) is 0 Å². The van der Waals surface area contributed by atoms with Gasteiger partial charge in [-0.25, -0.2) is 0 Å². The minimum atomic E-state index is -0.633. The zero-order valence-electron chi connectivity index (χ0n) is 4.66. The van der Waals surface area contributed by atoms with Gasteiger partial charge in [0.15, 0.2) is 0 Å². The summed E-state index contributed by atoms with van der Waals surface area (Å²) >= 11 is 7.54. The Kier molecular flexibility index (Phi) is 17.1. The van der Waals surface area contributed by atoms with Crippen molar-refractivity contribution >= 4 is 54.1 Å². The summed E-state index contributed by atoms with van der Waals surface area (Å²) in [5.74, 6) is 0. The summed E-state index contributed by atoms with van der Waals surface area (Å²) in [6, 6.07) is 0. The summed E-state index contributed by atoms with van der Waals surface area (Å²) in [6.45, 7) is 3.44. The third-order valence-electron chi connectivity index (χ3n) is 0. The summed E-state index contributed by atoms with van der Waals surface area (Å²) in [7, 11) is -0.633. The van der Waals surface area contributed by atoms with Crippen molar-refractivity contribution in [2.75, 3.05) is 0 Å². The molecule has 0 aromatic heterocycles. The summed E-state index contributed by atoms with van der Waals surface area (Å²) in [4.78, 5) is 0. The molecule has 0 aliphatic rings. The van der Waals surface area contributed by atoms with E-state index in [4.69, 9.17) is 5.11 Å². The van der Waals surface area contributed by atoms with Crippen molar-refractivity contribution in [3.63, 3.8) is 0 Å². The van der Waals surface area contributed by atoms with Crippen LogP contribution in [0.25, 0.3) is 0 Å².